The number of H-pyrrole nitrogens is 1. The fourth-order valence-electron chi connectivity index (χ4n) is 2.30. The molecule has 1 unspecified atom stereocenters. The van der Waals surface area contributed by atoms with Gasteiger partial charge >= 0.3 is 5.97 Å². The summed E-state index contributed by atoms with van der Waals surface area (Å²) in [6, 6.07) is 3.60. The number of carboxylic acid groups (broad SMARTS) is 1. The van der Waals surface area contributed by atoms with E-state index in [1.54, 1.807) is 6.20 Å². The zero-order chi connectivity index (χ0) is 11.8. The van der Waals surface area contributed by atoms with Crippen LogP contribution in [0.25, 0.3) is 0 Å². The van der Waals surface area contributed by atoms with E-state index in [9.17, 15) is 9.90 Å². The van der Waals surface area contributed by atoms with Crippen LogP contribution in [-0.2, 0) is 9.53 Å². The first-order chi connectivity index (χ1) is 7.58. The molecule has 1 aromatic rings. The topological polar surface area (TPSA) is 65.6 Å². The van der Waals surface area contributed by atoms with E-state index in [4.69, 9.17) is 4.74 Å². The van der Waals surface area contributed by atoms with Crippen molar-refractivity contribution in [3.05, 3.63) is 24.0 Å². The van der Waals surface area contributed by atoms with E-state index in [1.165, 1.54) is 0 Å². The van der Waals surface area contributed by atoms with Gasteiger partial charge in [-0.25, -0.2) is 0 Å². The molecule has 0 saturated carbocycles. The first-order valence-corrected chi connectivity index (χ1v) is 5.19. The average Bonchev–Trinajstić information content (AvgIpc) is 2.61. The molecule has 2 heterocycles. The first kappa shape index (κ1) is 11.2. The molecular formula is C11H16N2O3. The second-order valence-electron chi connectivity index (χ2n) is 4.45. The van der Waals surface area contributed by atoms with Gasteiger partial charge in [0.25, 0.3) is 0 Å². The summed E-state index contributed by atoms with van der Waals surface area (Å²) in [7, 11) is 3.77. The summed E-state index contributed by atoms with van der Waals surface area (Å²) >= 11 is 0. The Labute approximate surface area is 94.0 Å². The molecule has 0 aromatic carbocycles. The third-order valence-electron chi connectivity index (χ3n) is 3.10. The Balaban J connectivity index is 2.36. The van der Waals surface area contributed by atoms with Crippen LogP contribution in [0.3, 0.4) is 0 Å². The van der Waals surface area contributed by atoms with Gasteiger partial charge in [0.15, 0.2) is 0 Å². The van der Waals surface area contributed by atoms with Crippen LogP contribution < -0.4 is 0 Å². The van der Waals surface area contributed by atoms with Crippen LogP contribution in [0.5, 0.6) is 0 Å². The lowest BCUT2D eigenvalue weighted by Gasteiger charge is -2.45. The molecule has 2 N–H and O–H groups in total. The summed E-state index contributed by atoms with van der Waals surface area (Å²) in [4.78, 5) is 16.4. The summed E-state index contributed by atoms with van der Waals surface area (Å²) in [5, 5.41) is 9.38. The Kier molecular flexibility index (Phi) is 2.73. The molecule has 16 heavy (non-hydrogen) atoms. The number of hydrogen-bond donors (Lipinski definition) is 2. The van der Waals surface area contributed by atoms with Crippen LogP contribution in [0.4, 0.5) is 0 Å². The van der Waals surface area contributed by atoms with Gasteiger partial charge in [0.2, 0.25) is 0 Å². The van der Waals surface area contributed by atoms with E-state index < -0.39 is 11.4 Å². The molecule has 5 heteroatoms. The van der Waals surface area contributed by atoms with Crippen molar-refractivity contribution in [1.29, 1.82) is 0 Å². The molecule has 0 amide bonds. The van der Waals surface area contributed by atoms with Gasteiger partial charge in [-0.3, -0.25) is 9.69 Å². The summed E-state index contributed by atoms with van der Waals surface area (Å²) in [6.45, 7) is 0.536. The van der Waals surface area contributed by atoms with Gasteiger partial charge in [0.05, 0.1) is 19.3 Å². The molecule has 1 saturated heterocycles. The highest BCUT2D eigenvalue weighted by Gasteiger charge is 2.54. The Hall–Kier alpha value is -1.33. The monoisotopic (exact) mass is 224 g/mol. The molecule has 5 nitrogen and oxygen atoms in total. The second kappa shape index (κ2) is 3.92. The Bertz CT molecular complexity index is 369. The molecule has 0 spiro atoms. The first-order valence-electron chi connectivity index (χ1n) is 5.19. The number of aromatic amines is 1. The molecule has 88 valence electrons. The van der Waals surface area contributed by atoms with Crippen molar-refractivity contribution < 1.29 is 14.6 Å². The Morgan fingerprint density at radius 1 is 1.62 bits per heavy atom. The summed E-state index contributed by atoms with van der Waals surface area (Å²) in [6.07, 6.45) is 1.81. The van der Waals surface area contributed by atoms with Crippen molar-refractivity contribution >= 4 is 5.97 Å². The van der Waals surface area contributed by atoms with E-state index in [2.05, 4.69) is 4.98 Å². The lowest BCUT2D eigenvalue weighted by atomic mass is 9.76. The summed E-state index contributed by atoms with van der Waals surface area (Å²) in [5.74, 6) is -0.799. The van der Waals surface area contributed by atoms with E-state index in [1.807, 2.05) is 31.1 Å². The van der Waals surface area contributed by atoms with E-state index in [-0.39, 0.29) is 19.3 Å². The highest BCUT2D eigenvalue weighted by Crippen LogP contribution is 2.43. The minimum atomic E-state index is -0.825. The number of ether oxygens (including phenoxy) is 1. The maximum atomic E-state index is 11.4. The van der Waals surface area contributed by atoms with Crippen LogP contribution in [0.15, 0.2) is 18.3 Å². The number of aliphatic carboxylic acids is 1. The maximum Gasteiger partial charge on any atom is 0.316 e. The number of nitrogens with one attached hydrogen (secondary N) is 1. The number of rotatable bonds is 4. The van der Waals surface area contributed by atoms with E-state index in [0.717, 1.165) is 5.69 Å². The fraction of sp³-hybridized carbons (Fsp3) is 0.545. The standard InChI is InChI=1S/C11H16N2O3/c1-13(2)9(8-4-3-5-12-8)11(10(14)15)6-16-7-11/h3-5,9,12H,6-7H2,1-2H3,(H,14,15). The summed E-state index contributed by atoms with van der Waals surface area (Å²) in [5.41, 5.74) is 0.0876. The minimum absolute atomic E-state index is 0.186. The van der Waals surface area contributed by atoms with Crippen LogP contribution in [0, 0.1) is 5.41 Å². The average molecular weight is 224 g/mol. The van der Waals surface area contributed by atoms with Gasteiger partial charge in [-0.2, -0.15) is 0 Å². The van der Waals surface area contributed by atoms with Crippen LogP contribution in [0.1, 0.15) is 11.7 Å². The third-order valence-corrected chi connectivity index (χ3v) is 3.10. The van der Waals surface area contributed by atoms with Crippen LogP contribution in [0.2, 0.25) is 0 Å². The highest BCUT2D eigenvalue weighted by molar-refractivity contribution is 5.77. The molecule has 0 bridgehead atoms. The third kappa shape index (κ3) is 1.52. The molecule has 1 atom stereocenters. The SMILES string of the molecule is CN(C)C(c1ccc[nH]1)C1(C(=O)O)COC1. The fourth-order valence-corrected chi connectivity index (χ4v) is 2.30. The lowest BCUT2D eigenvalue weighted by Crippen LogP contribution is -2.56. The van der Waals surface area contributed by atoms with Crippen LogP contribution >= 0.6 is 0 Å². The zero-order valence-corrected chi connectivity index (χ0v) is 9.43. The van der Waals surface area contributed by atoms with Gasteiger partial charge < -0.3 is 14.8 Å². The van der Waals surface area contributed by atoms with Crippen molar-refractivity contribution in [2.45, 2.75) is 6.04 Å². The Morgan fingerprint density at radius 2 is 2.31 bits per heavy atom. The molecule has 1 aliphatic rings. The molecule has 2 rings (SSSR count). The van der Waals surface area contributed by atoms with E-state index in [0.29, 0.717) is 0 Å². The minimum Gasteiger partial charge on any atom is -0.481 e. The van der Waals surface area contributed by atoms with Gasteiger partial charge in [0.1, 0.15) is 5.41 Å². The number of nitrogens with zero attached hydrogens (tertiary/aromatic N) is 1. The molecular weight excluding hydrogens is 208 g/mol. The number of aromatic nitrogens is 1. The lowest BCUT2D eigenvalue weighted by molar-refractivity contribution is -0.194. The zero-order valence-electron chi connectivity index (χ0n) is 9.43. The van der Waals surface area contributed by atoms with E-state index >= 15 is 0 Å². The van der Waals surface area contributed by atoms with Gasteiger partial charge in [0, 0.05) is 11.9 Å². The molecule has 1 aliphatic heterocycles. The van der Waals surface area contributed by atoms with Gasteiger partial charge in [-0.15, -0.1) is 0 Å². The highest BCUT2D eigenvalue weighted by atomic mass is 16.5. The largest absolute Gasteiger partial charge is 0.481 e. The maximum absolute atomic E-state index is 11.4. The normalized spacial score (nSPS) is 20.4. The molecule has 1 fully saturated rings. The summed E-state index contributed by atoms with van der Waals surface area (Å²) < 4.78 is 5.11. The van der Waals surface area contributed by atoms with Crippen molar-refractivity contribution in [3.63, 3.8) is 0 Å². The molecule has 0 aliphatic carbocycles. The van der Waals surface area contributed by atoms with Crippen molar-refractivity contribution in [3.8, 4) is 0 Å². The molecule has 0 radical (unpaired) electrons. The molecule has 1 aromatic heterocycles. The quantitative estimate of drug-likeness (QED) is 0.791. The van der Waals surface area contributed by atoms with Crippen LogP contribution in [-0.4, -0.2) is 48.3 Å². The second-order valence-corrected chi connectivity index (χ2v) is 4.45. The predicted octanol–water partition coefficient (Wildman–Crippen LogP) is 0.719. The smallest absolute Gasteiger partial charge is 0.316 e. The predicted molar refractivity (Wildman–Crippen MR) is 58.1 cm³/mol. The van der Waals surface area contributed by atoms with Crippen molar-refractivity contribution in [2.24, 2.45) is 5.41 Å². The van der Waals surface area contributed by atoms with Crippen molar-refractivity contribution in [1.82, 2.24) is 9.88 Å². The number of hydrogen-bond acceptors (Lipinski definition) is 3. The Morgan fingerprint density at radius 3 is 2.62 bits per heavy atom. The van der Waals surface area contributed by atoms with Gasteiger partial charge in [-0.1, -0.05) is 0 Å². The number of carboxylic acids is 1. The van der Waals surface area contributed by atoms with Crippen molar-refractivity contribution in [2.75, 3.05) is 27.3 Å². The number of carbonyl (C=O) groups is 1. The van der Waals surface area contributed by atoms with Gasteiger partial charge in [-0.05, 0) is 26.2 Å².